The van der Waals surface area contributed by atoms with Crippen molar-refractivity contribution < 1.29 is 9.53 Å². The van der Waals surface area contributed by atoms with Crippen LogP contribution in [0.3, 0.4) is 0 Å². The predicted octanol–water partition coefficient (Wildman–Crippen LogP) is 2.90. The van der Waals surface area contributed by atoms with Crippen molar-refractivity contribution in [3.8, 4) is 0 Å². The fourth-order valence-corrected chi connectivity index (χ4v) is 2.00. The number of carbonyl (C=O) groups is 1. The van der Waals surface area contributed by atoms with E-state index >= 15 is 0 Å². The lowest BCUT2D eigenvalue weighted by molar-refractivity contribution is -0.142. The van der Waals surface area contributed by atoms with Gasteiger partial charge in [0.1, 0.15) is 0 Å². The van der Waals surface area contributed by atoms with E-state index in [4.69, 9.17) is 10.5 Å². The second-order valence-corrected chi connectivity index (χ2v) is 4.51. The Morgan fingerprint density at radius 3 is 2.67 bits per heavy atom. The quantitative estimate of drug-likeness (QED) is 0.682. The van der Waals surface area contributed by atoms with Crippen molar-refractivity contribution in [1.29, 1.82) is 0 Å². The van der Waals surface area contributed by atoms with Gasteiger partial charge in [-0.1, -0.05) is 6.07 Å². The van der Waals surface area contributed by atoms with E-state index in [2.05, 4.69) is 31.9 Å². The molecule has 3 nitrogen and oxygen atoms in total. The van der Waals surface area contributed by atoms with Crippen LogP contribution in [0.4, 0.5) is 5.69 Å². The largest absolute Gasteiger partial charge is 0.466 e. The Morgan fingerprint density at radius 2 is 2.07 bits per heavy atom. The molecule has 0 aliphatic heterocycles. The van der Waals surface area contributed by atoms with Gasteiger partial charge in [0, 0.05) is 10.2 Å². The van der Waals surface area contributed by atoms with Crippen LogP contribution in [0.5, 0.6) is 0 Å². The molecular weight excluding hydrogens is 326 g/mol. The highest BCUT2D eigenvalue weighted by atomic mass is 79.9. The lowest BCUT2D eigenvalue weighted by Crippen LogP contribution is -2.08. The monoisotopic (exact) mass is 335 g/mol. The number of nitrogen functional groups attached to an aromatic ring is 1. The van der Waals surface area contributed by atoms with Crippen LogP contribution < -0.4 is 5.73 Å². The predicted molar refractivity (Wildman–Crippen MR) is 66.6 cm³/mol. The third-order valence-electron chi connectivity index (χ3n) is 1.83. The summed E-state index contributed by atoms with van der Waals surface area (Å²) in [5.74, 6) is -0.241. The number of rotatable bonds is 3. The number of nitrogens with two attached hydrogens (primary N) is 1. The molecule has 0 unspecified atom stereocenters. The topological polar surface area (TPSA) is 52.3 Å². The van der Waals surface area contributed by atoms with Crippen LogP contribution in [-0.4, -0.2) is 12.6 Å². The van der Waals surface area contributed by atoms with Crippen LogP contribution in [0.25, 0.3) is 0 Å². The highest BCUT2D eigenvalue weighted by Gasteiger charge is 2.11. The molecule has 1 rings (SSSR count). The fourth-order valence-electron chi connectivity index (χ4n) is 1.11. The summed E-state index contributed by atoms with van der Waals surface area (Å²) in [5, 5.41) is 0. The molecule has 0 heterocycles. The van der Waals surface area contributed by atoms with E-state index in [0.717, 1.165) is 14.5 Å². The van der Waals surface area contributed by atoms with Gasteiger partial charge >= 0.3 is 5.97 Å². The molecule has 0 saturated heterocycles. The maximum atomic E-state index is 11.3. The number of anilines is 1. The van der Waals surface area contributed by atoms with Gasteiger partial charge < -0.3 is 10.5 Å². The zero-order chi connectivity index (χ0) is 11.4. The summed E-state index contributed by atoms with van der Waals surface area (Å²) in [4.78, 5) is 11.3. The third-order valence-corrected chi connectivity index (χ3v) is 4.12. The van der Waals surface area contributed by atoms with Crippen LogP contribution in [0.1, 0.15) is 12.5 Å². The van der Waals surface area contributed by atoms with Crippen LogP contribution >= 0.6 is 31.9 Å². The van der Waals surface area contributed by atoms with E-state index in [-0.39, 0.29) is 12.4 Å². The van der Waals surface area contributed by atoms with Gasteiger partial charge in [0.15, 0.2) is 0 Å². The minimum atomic E-state index is -0.241. The van der Waals surface area contributed by atoms with Crippen LogP contribution in [0, 0.1) is 0 Å². The second-order valence-electron chi connectivity index (χ2n) is 2.92. The average molecular weight is 337 g/mol. The molecule has 2 N–H and O–H groups in total. The standard InChI is InChI=1S/C10H11Br2NO2/c1-2-15-8(14)5-6-3-4-7(13)10(12)9(6)11/h3-4H,2,5,13H2,1H3. The van der Waals surface area contributed by atoms with E-state index in [1.54, 1.807) is 19.1 Å². The van der Waals surface area contributed by atoms with E-state index in [1.807, 2.05) is 0 Å². The number of hydrogen-bond acceptors (Lipinski definition) is 3. The molecule has 0 aliphatic rings. The first kappa shape index (κ1) is 12.5. The van der Waals surface area contributed by atoms with Gasteiger partial charge in [-0.25, -0.2) is 0 Å². The van der Waals surface area contributed by atoms with Crippen molar-refractivity contribution in [2.24, 2.45) is 0 Å². The normalized spacial score (nSPS) is 10.1. The number of esters is 1. The molecule has 0 saturated carbocycles. The zero-order valence-electron chi connectivity index (χ0n) is 8.22. The molecule has 0 atom stereocenters. The van der Waals surface area contributed by atoms with Gasteiger partial charge in [-0.05, 0) is 50.4 Å². The van der Waals surface area contributed by atoms with Crippen molar-refractivity contribution in [1.82, 2.24) is 0 Å². The minimum Gasteiger partial charge on any atom is -0.466 e. The van der Waals surface area contributed by atoms with E-state index < -0.39 is 0 Å². The number of benzene rings is 1. The van der Waals surface area contributed by atoms with Gasteiger partial charge in [0.2, 0.25) is 0 Å². The summed E-state index contributed by atoms with van der Waals surface area (Å²) in [6.07, 6.45) is 0.243. The molecule has 82 valence electrons. The molecule has 1 aromatic carbocycles. The van der Waals surface area contributed by atoms with Crippen LogP contribution in [-0.2, 0) is 16.0 Å². The molecule has 0 spiro atoms. The summed E-state index contributed by atoms with van der Waals surface area (Å²) in [6, 6.07) is 3.56. The van der Waals surface area contributed by atoms with Crippen LogP contribution in [0.15, 0.2) is 21.1 Å². The Bertz CT molecular complexity index is 380. The Balaban J connectivity index is 2.87. The lowest BCUT2D eigenvalue weighted by Gasteiger charge is -2.07. The van der Waals surface area contributed by atoms with Gasteiger partial charge in [0.25, 0.3) is 0 Å². The Hall–Kier alpha value is -0.550. The van der Waals surface area contributed by atoms with Crippen molar-refractivity contribution >= 4 is 43.5 Å². The fraction of sp³-hybridized carbons (Fsp3) is 0.300. The summed E-state index contributed by atoms with van der Waals surface area (Å²) in [6.45, 7) is 2.18. The Morgan fingerprint density at radius 1 is 1.40 bits per heavy atom. The number of halogens is 2. The van der Waals surface area contributed by atoms with Gasteiger partial charge in [-0.3, -0.25) is 4.79 Å². The number of hydrogen-bond donors (Lipinski definition) is 1. The molecule has 0 amide bonds. The van der Waals surface area contributed by atoms with Crippen molar-refractivity contribution in [3.05, 3.63) is 26.6 Å². The Labute approximate surface area is 105 Å². The van der Waals surface area contributed by atoms with Crippen molar-refractivity contribution in [2.45, 2.75) is 13.3 Å². The van der Waals surface area contributed by atoms with E-state index in [0.29, 0.717) is 12.3 Å². The first-order chi connectivity index (χ1) is 7.06. The van der Waals surface area contributed by atoms with Crippen molar-refractivity contribution in [3.63, 3.8) is 0 Å². The highest BCUT2D eigenvalue weighted by molar-refractivity contribution is 9.13. The molecule has 5 heteroatoms. The van der Waals surface area contributed by atoms with E-state index in [1.165, 1.54) is 0 Å². The maximum absolute atomic E-state index is 11.3. The van der Waals surface area contributed by atoms with Crippen LogP contribution in [0.2, 0.25) is 0 Å². The Kier molecular flexibility index (Phi) is 4.60. The van der Waals surface area contributed by atoms with Gasteiger partial charge in [-0.15, -0.1) is 0 Å². The smallest absolute Gasteiger partial charge is 0.310 e. The summed E-state index contributed by atoms with van der Waals surface area (Å²) in [5.41, 5.74) is 7.18. The summed E-state index contributed by atoms with van der Waals surface area (Å²) >= 11 is 6.71. The number of carbonyl (C=O) groups excluding carboxylic acids is 1. The second kappa shape index (κ2) is 5.51. The SMILES string of the molecule is CCOC(=O)Cc1ccc(N)c(Br)c1Br. The zero-order valence-corrected chi connectivity index (χ0v) is 11.4. The highest BCUT2D eigenvalue weighted by Crippen LogP contribution is 2.32. The molecule has 0 radical (unpaired) electrons. The van der Waals surface area contributed by atoms with Gasteiger partial charge in [0.05, 0.1) is 17.5 Å². The molecule has 15 heavy (non-hydrogen) atoms. The van der Waals surface area contributed by atoms with Gasteiger partial charge in [-0.2, -0.15) is 0 Å². The minimum absolute atomic E-state index is 0.241. The average Bonchev–Trinajstić information content (AvgIpc) is 2.20. The molecule has 0 fully saturated rings. The molecule has 0 bridgehead atoms. The first-order valence-electron chi connectivity index (χ1n) is 4.44. The first-order valence-corrected chi connectivity index (χ1v) is 6.02. The van der Waals surface area contributed by atoms with E-state index in [9.17, 15) is 4.79 Å². The van der Waals surface area contributed by atoms with Crippen molar-refractivity contribution in [2.75, 3.05) is 12.3 Å². The molecule has 1 aromatic rings. The number of ether oxygens (including phenoxy) is 1. The lowest BCUT2D eigenvalue weighted by atomic mass is 10.1. The maximum Gasteiger partial charge on any atom is 0.310 e. The molecule has 0 aromatic heterocycles. The molecular formula is C10H11Br2NO2. The molecule has 0 aliphatic carbocycles. The third kappa shape index (κ3) is 3.21. The summed E-state index contributed by atoms with van der Waals surface area (Å²) in [7, 11) is 0. The summed E-state index contributed by atoms with van der Waals surface area (Å²) < 4.78 is 6.43.